The first-order valence-electron chi connectivity index (χ1n) is 13.1. The highest BCUT2D eigenvalue weighted by atomic mass is 79.9. The van der Waals surface area contributed by atoms with Crippen LogP contribution in [0.2, 0.25) is 0 Å². The van der Waals surface area contributed by atoms with E-state index >= 15 is 0 Å². The number of hydrogen-bond donors (Lipinski definition) is 2. The number of allylic oxidation sites excluding steroid dienone is 4. The molecular weight excluding hydrogens is 508 g/mol. The number of Topliss-reactive ketones (excluding diaryl/α,β-unsaturated/α-hetero) is 1. The third kappa shape index (κ3) is 6.56. The fraction of sp³-hybridized carbons (Fsp3) is 0.724. The second-order valence-corrected chi connectivity index (χ2v) is 12.3. The molecule has 3 aliphatic rings. The summed E-state index contributed by atoms with van der Waals surface area (Å²) >= 11 is 3.17. The van der Waals surface area contributed by atoms with Crippen molar-refractivity contribution in [1.82, 2.24) is 0 Å². The molecule has 35 heavy (non-hydrogen) atoms. The topological polar surface area (TPSA) is 83.8 Å². The number of ketones is 1. The molecule has 0 heterocycles. The van der Waals surface area contributed by atoms with E-state index < -0.39 is 17.5 Å². The van der Waals surface area contributed by atoms with Crippen LogP contribution >= 0.6 is 15.9 Å². The molecule has 0 radical (unpaired) electrons. The highest BCUT2D eigenvalue weighted by Crippen LogP contribution is 2.60. The van der Waals surface area contributed by atoms with Crippen molar-refractivity contribution in [2.24, 2.45) is 23.2 Å². The second kappa shape index (κ2) is 11.4. The predicted octanol–water partition coefficient (Wildman–Crippen LogP) is 5.83. The lowest BCUT2D eigenvalue weighted by Crippen LogP contribution is -2.42. The molecule has 0 bridgehead atoms. The van der Waals surface area contributed by atoms with Gasteiger partial charge in [0.15, 0.2) is 5.78 Å². The molecule has 5 nitrogen and oxygen atoms in total. The average Bonchev–Trinajstić information content (AvgIpc) is 3.15. The highest BCUT2D eigenvalue weighted by molar-refractivity contribution is 9.09. The molecule has 6 heteroatoms. The Kier molecular flexibility index (Phi) is 9.26. The minimum Gasteiger partial charge on any atom is -0.461 e. The number of aliphatic hydroxyl groups excluding tert-OH is 1. The van der Waals surface area contributed by atoms with Crippen LogP contribution in [0.5, 0.6) is 0 Å². The van der Waals surface area contributed by atoms with Crippen LogP contribution in [0.3, 0.4) is 0 Å². The standard InChI is InChI=1S/C29H43BrO5/c1-18-8-11-22(35-26(32)17-30)16-21(18)10-9-20-7-6-14-29(5)23(12-13-24(20)29)19(2)15-25(31)27(33)28(3,4)34/h9-10,19,22-25,31,34H,1,6-8,11-17H2,2-5H3. The summed E-state index contributed by atoms with van der Waals surface area (Å²) in [7, 11) is 0. The van der Waals surface area contributed by atoms with Gasteiger partial charge in [-0.2, -0.15) is 0 Å². The van der Waals surface area contributed by atoms with Gasteiger partial charge in [0, 0.05) is 6.42 Å². The second-order valence-electron chi connectivity index (χ2n) is 11.8. The summed E-state index contributed by atoms with van der Waals surface area (Å²) in [5.74, 6) is 0.427. The smallest absolute Gasteiger partial charge is 0.316 e. The Morgan fingerprint density at radius 2 is 1.97 bits per heavy atom. The molecule has 0 aromatic rings. The van der Waals surface area contributed by atoms with Gasteiger partial charge in [0.05, 0.1) is 0 Å². The predicted molar refractivity (Wildman–Crippen MR) is 142 cm³/mol. The van der Waals surface area contributed by atoms with Crippen LogP contribution in [0.15, 0.2) is 35.5 Å². The number of halogens is 1. The van der Waals surface area contributed by atoms with Gasteiger partial charge >= 0.3 is 5.97 Å². The van der Waals surface area contributed by atoms with Gasteiger partial charge in [0.25, 0.3) is 0 Å². The third-order valence-corrected chi connectivity index (χ3v) is 9.26. The SMILES string of the molecule is C=C1CCC(OC(=O)CBr)CC1=CC=C1CCCC2(C)C1CCC2C(C)CC(O)C(=O)C(C)(C)O. The summed E-state index contributed by atoms with van der Waals surface area (Å²) in [5, 5.41) is 20.7. The minimum atomic E-state index is -1.51. The summed E-state index contributed by atoms with van der Waals surface area (Å²) < 4.78 is 5.56. The average molecular weight is 552 g/mol. The number of fused-ring (bicyclic) bond motifs is 1. The number of ether oxygens (including phenoxy) is 1. The molecule has 196 valence electrons. The molecule has 0 amide bonds. The maximum Gasteiger partial charge on any atom is 0.316 e. The van der Waals surface area contributed by atoms with Gasteiger partial charge in [-0.05, 0) is 94.0 Å². The molecule has 3 aliphatic carbocycles. The molecule has 0 saturated heterocycles. The molecule has 0 aromatic carbocycles. The molecule has 6 unspecified atom stereocenters. The third-order valence-electron chi connectivity index (χ3n) is 8.80. The van der Waals surface area contributed by atoms with Gasteiger partial charge < -0.3 is 14.9 Å². The Morgan fingerprint density at radius 1 is 1.26 bits per heavy atom. The number of hydrogen-bond acceptors (Lipinski definition) is 5. The molecule has 3 fully saturated rings. The minimum absolute atomic E-state index is 0.0819. The maximum absolute atomic E-state index is 12.3. The number of alkyl halides is 1. The Morgan fingerprint density at radius 3 is 2.63 bits per heavy atom. The van der Waals surface area contributed by atoms with Gasteiger partial charge in [0.2, 0.25) is 0 Å². The van der Waals surface area contributed by atoms with E-state index in [9.17, 15) is 19.8 Å². The van der Waals surface area contributed by atoms with Gasteiger partial charge in [-0.1, -0.05) is 59.7 Å². The quantitative estimate of drug-likeness (QED) is 0.293. The van der Waals surface area contributed by atoms with Crippen LogP contribution in [0.1, 0.15) is 85.5 Å². The number of aliphatic hydroxyl groups is 2. The zero-order valence-electron chi connectivity index (χ0n) is 21.8. The van der Waals surface area contributed by atoms with Crippen LogP contribution in [-0.4, -0.2) is 45.1 Å². The summed E-state index contributed by atoms with van der Waals surface area (Å²) in [6, 6.07) is 0. The van der Waals surface area contributed by atoms with E-state index in [0.29, 0.717) is 18.3 Å². The summed E-state index contributed by atoms with van der Waals surface area (Å²) in [6.45, 7) is 11.7. The van der Waals surface area contributed by atoms with Crippen LogP contribution in [0.25, 0.3) is 0 Å². The molecule has 2 N–H and O–H groups in total. The van der Waals surface area contributed by atoms with E-state index in [1.807, 2.05) is 0 Å². The van der Waals surface area contributed by atoms with E-state index in [1.54, 1.807) is 0 Å². The first kappa shape index (κ1) is 28.3. The molecule has 0 aliphatic heterocycles. The number of carbonyl (C=O) groups excluding carboxylic acids is 2. The Labute approximate surface area is 219 Å². The first-order valence-corrected chi connectivity index (χ1v) is 14.3. The number of carbonyl (C=O) groups is 2. The molecule has 3 saturated carbocycles. The van der Waals surface area contributed by atoms with Crippen molar-refractivity contribution in [3.63, 3.8) is 0 Å². The lowest BCUT2D eigenvalue weighted by atomic mass is 9.60. The van der Waals surface area contributed by atoms with Crippen molar-refractivity contribution in [3.05, 3.63) is 35.5 Å². The fourth-order valence-electron chi connectivity index (χ4n) is 6.94. The monoisotopic (exact) mass is 550 g/mol. The van der Waals surface area contributed by atoms with Gasteiger partial charge in [-0.15, -0.1) is 0 Å². The summed E-state index contributed by atoms with van der Waals surface area (Å²) in [5.41, 5.74) is 2.44. The van der Waals surface area contributed by atoms with E-state index in [2.05, 4.69) is 48.5 Å². The largest absolute Gasteiger partial charge is 0.461 e. The van der Waals surface area contributed by atoms with E-state index in [1.165, 1.54) is 25.0 Å². The van der Waals surface area contributed by atoms with Crippen molar-refractivity contribution in [3.8, 4) is 0 Å². The fourth-order valence-corrected chi connectivity index (χ4v) is 7.08. The molecule has 3 rings (SSSR count). The molecule has 6 atom stereocenters. The Hall–Kier alpha value is -1.24. The van der Waals surface area contributed by atoms with Crippen molar-refractivity contribution in [2.45, 2.75) is 103 Å². The number of rotatable bonds is 8. The van der Waals surface area contributed by atoms with Crippen LogP contribution in [-0.2, 0) is 14.3 Å². The van der Waals surface area contributed by atoms with Crippen LogP contribution in [0.4, 0.5) is 0 Å². The van der Waals surface area contributed by atoms with Gasteiger partial charge in [-0.25, -0.2) is 0 Å². The van der Waals surface area contributed by atoms with Gasteiger partial charge in [0.1, 0.15) is 23.1 Å². The maximum atomic E-state index is 12.3. The number of esters is 1. The first-order chi connectivity index (χ1) is 16.4. The van der Waals surface area contributed by atoms with Gasteiger partial charge in [-0.3, -0.25) is 9.59 Å². The summed E-state index contributed by atoms with van der Waals surface area (Å²) in [4.78, 5) is 24.0. The highest BCUT2D eigenvalue weighted by Gasteiger charge is 2.51. The lowest BCUT2D eigenvalue weighted by molar-refractivity contribution is -0.146. The van der Waals surface area contributed by atoms with Crippen molar-refractivity contribution >= 4 is 27.7 Å². The zero-order valence-corrected chi connectivity index (χ0v) is 23.4. The van der Waals surface area contributed by atoms with E-state index in [4.69, 9.17) is 4.74 Å². The Balaban J connectivity index is 1.72. The van der Waals surface area contributed by atoms with Crippen LogP contribution in [0, 0.1) is 23.2 Å². The van der Waals surface area contributed by atoms with Crippen molar-refractivity contribution in [2.75, 3.05) is 5.33 Å². The Bertz CT molecular complexity index is 882. The van der Waals surface area contributed by atoms with E-state index in [0.717, 1.165) is 56.9 Å². The lowest BCUT2D eigenvalue weighted by Gasteiger charge is -2.44. The zero-order chi connectivity index (χ0) is 26.0. The van der Waals surface area contributed by atoms with E-state index in [-0.39, 0.29) is 28.7 Å². The van der Waals surface area contributed by atoms with Crippen molar-refractivity contribution < 1.29 is 24.5 Å². The summed E-state index contributed by atoms with van der Waals surface area (Å²) in [6.07, 6.45) is 11.7. The normalized spacial score (nSPS) is 33.5. The van der Waals surface area contributed by atoms with Crippen LogP contribution < -0.4 is 0 Å². The molecular formula is C29H43BrO5. The van der Waals surface area contributed by atoms with Crippen molar-refractivity contribution in [1.29, 1.82) is 0 Å². The molecule has 0 spiro atoms. The molecule has 0 aromatic heterocycles.